The van der Waals surface area contributed by atoms with Crippen molar-refractivity contribution >= 4 is 11.9 Å². The molecule has 3 rings (SSSR count). The van der Waals surface area contributed by atoms with Crippen LogP contribution < -0.4 is 0 Å². The molecule has 0 saturated carbocycles. The van der Waals surface area contributed by atoms with E-state index in [0.29, 0.717) is 49.4 Å². The Morgan fingerprint density at radius 1 is 1.38 bits per heavy atom. The van der Waals surface area contributed by atoms with Crippen LogP contribution in [-0.4, -0.2) is 49.9 Å². The van der Waals surface area contributed by atoms with Crippen LogP contribution in [0.1, 0.15) is 41.6 Å². The zero-order chi connectivity index (χ0) is 17.3. The van der Waals surface area contributed by atoms with Crippen LogP contribution in [-0.2, 0) is 16.8 Å². The lowest BCUT2D eigenvalue weighted by molar-refractivity contribution is -0.150. The van der Waals surface area contributed by atoms with Crippen molar-refractivity contribution in [3.05, 3.63) is 35.5 Å². The lowest BCUT2D eigenvalue weighted by Gasteiger charge is -2.38. The standard InChI is InChI=1S/C16H20N4O4/c1-3-12-13(11(2)24-18-12)14(21)19-9-5-16(6-10-19,15(22)23)20-8-4-7-17-20/h4,7-8H,3,5-6,9-10H2,1-2H3,(H,22,23). The van der Waals surface area contributed by atoms with Crippen molar-refractivity contribution in [1.82, 2.24) is 19.8 Å². The summed E-state index contributed by atoms with van der Waals surface area (Å²) in [5.41, 5.74) is 0.0384. The Bertz CT molecular complexity index is 742. The molecule has 1 amide bonds. The van der Waals surface area contributed by atoms with E-state index in [4.69, 9.17) is 4.52 Å². The maximum absolute atomic E-state index is 12.8. The Kier molecular flexibility index (Phi) is 4.13. The van der Waals surface area contributed by atoms with Gasteiger partial charge >= 0.3 is 5.97 Å². The van der Waals surface area contributed by atoms with Gasteiger partial charge in [0.15, 0.2) is 5.54 Å². The largest absolute Gasteiger partial charge is 0.479 e. The summed E-state index contributed by atoms with van der Waals surface area (Å²) >= 11 is 0. The summed E-state index contributed by atoms with van der Waals surface area (Å²) in [6.07, 6.45) is 4.45. The minimum Gasteiger partial charge on any atom is -0.479 e. The smallest absolute Gasteiger partial charge is 0.331 e. The molecule has 128 valence electrons. The number of aromatic nitrogens is 3. The van der Waals surface area contributed by atoms with E-state index in [-0.39, 0.29) is 5.91 Å². The molecule has 1 N–H and O–H groups in total. The summed E-state index contributed by atoms with van der Waals surface area (Å²) in [7, 11) is 0. The van der Waals surface area contributed by atoms with Gasteiger partial charge in [-0.2, -0.15) is 5.10 Å². The molecule has 2 aromatic heterocycles. The molecule has 0 aromatic carbocycles. The van der Waals surface area contributed by atoms with Crippen molar-refractivity contribution in [3.63, 3.8) is 0 Å². The van der Waals surface area contributed by atoms with Crippen molar-refractivity contribution in [2.24, 2.45) is 0 Å². The van der Waals surface area contributed by atoms with Crippen molar-refractivity contribution < 1.29 is 19.2 Å². The third kappa shape index (κ3) is 2.47. The molecule has 8 nitrogen and oxygen atoms in total. The number of hydrogen-bond donors (Lipinski definition) is 1. The molecule has 1 fully saturated rings. The van der Waals surface area contributed by atoms with Crippen LogP contribution in [0.25, 0.3) is 0 Å². The molecule has 0 radical (unpaired) electrons. The van der Waals surface area contributed by atoms with Crippen LogP contribution in [0.2, 0.25) is 0 Å². The van der Waals surface area contributed by atoms with E-state index in [1.54, 1.807) is 30.3 Å². The number of amides is 1. The van der Waals surface area contributed by atoms with Gasteiger partial charge in [0.25, 0.3) is 5.91 Å². The summed E-state index contributed by atoms with van der Waals surface area (Å²) in [5, 5.41) is 17.7. The summed E-state index contributed by atoms with van der Waals surface area (Å²) in [6, 6.07) is 1.70. The Labute approximate surface area is 139 Å². The number of carboxylic acids is 1. The Morgan fingerprint density at radius 3 is 2.62 bits per heavy atom. The summed E-state index contributed by atoms with van der Waals surface area (Å²) in [6.45, 7) is 4.32. The first-order chi connectivity index (χ1) is 11.5. The van der Waals surface area contributed by atoms with Crippen LogP contribution in [0, 0.1) is 6.92 Å². The first kappa shape index (κ1) is 16.2. The summed E-state index contributed by atoms with van der Waals surface area (Å²) in [5.74, 6) is -0.572. The van der Waals surface area contributed by atoms with Crippen LogP contribution in [0.15, 0.2) is 23.0 Å². The Hall–Kier alpha value is -2.64. The summed E-state index contributed by atoms with van der Waals surface area (Å²) < 4.78 is 6.62. The van der Waals surface area contributed by atoms with E-state index in [1.165, 1.54) is 4.68 Å². The predicted octanol–water partition coefficient (Wildman–Crippen LogP) is 1.46. The second-order valence-electron chi connectivity index (χ2n) is 5.99. The van der Waals surface area contributed by atoms with E-state index in [0.717, 1.165) is 0 Å². The SMILES string of the molecule is CCc1noc(C)c1C(=O)N1CCC(C(=O)O)(n2cccn2)CC1. The monoisotopic (exact) mass is 332 g/mol. The molecule has 1 saturated heterocycles. The van der Waals surface area contributed by atoms with Crippen LogP contribution in [0.3, 0.4) is 0 Å². The molecule has 1 aliphatic rings. The zero-order valence-electron chi connectivity index (χ0n) is 13.7. The average Bonchev–Trinajstić information content (AvgIpc) is 3.23. The third-order valence-electron chi connectivity index (χ3n) is 4.70. The molecule has 0 spiro atoms. The maximum atomic E-state index is 12.8. The molecule has 2 aromatic rings. The highest BCUT2D eigenvalue weighted by Crippen LogP contribution is 2.31. The van der Waals surface area contributed by atoms with Gasteiger partial charge in [0.1, 0.15) is 11.3 Å². The molecule has 24 heavy (non-hydrogen) atoms. The fourth-order valence-corrected chi connectivity index (χ4v) is 3.23. The second kappa shape index (κ2) is 6.10. The first-order valence-corrected chi connectivity index (χ1v) is 7.97. The number of hydrogen-bond acceptors (Lipinski definition) is 5. The van der Waals surface area contributed by atoms with Gasteiger partial charge in [-0.15, -0.1) is 0 Å². The van der Waals surface area contributed by atoms with Crippen molar-refractivity contribution in [3.8, 4) is 0 Å². The minimum absolute atomic E-state index is 0.148. The van der Waals surface area contributed by atoms with Crippen LogP contribution in [0.5, 0.6) is 0 Å². The van der Waals surface area contributed by atoms with E-state index >= 15 is 0 Å². The number of rotatable bonds is 4. The second-order valence-corrected chi connectivity index (χ2v) is 5.99. The Morgan fingerprint density at radius 2 is 2.08 bits per heavy atom. The van der Waals surface area contributed by atoms with E-state index in [1.807, 2.05) is 6.92 Å². The van der Waals surface area contributed by atoms with Crippen molar-refractivity contribution in [2.45, 2.75) is 38.6 Å². The number of likely N-dealkylation sites (tertiary alicyclic amines) is 1. The van der Waals surface area contributed by atoms with Crippen molar-refractivity contribution in [1.29, 1.82) is 0 Å². The maximum Gasteiger partial charge on any atom is 0.331 e. The predicted molar refractivity (Wildman–Crippen MR) is 83.6 cm³/mol. The molecule has 3 heterocycles. The lowest BCUT2D eigenvalue weighted by atomic mass is 9.87. The topological polar surface area (TPSA) is 101 Å². The van der Waals surface area contributed by atoms with E-state index < -0.39 is 11.5 Å². The fourth-order valence-electron chi connectivity index (χ4n) is 3.23. The highest BCUT2D eigenvalue weighted by molar-refractivity contribution is 5.96. The van der Waals surface area contributed by atoms with E-state index in [2.05, 4.69) is 10.3 Å². The van der Waals surface area contributed by atoms with Gasteiger partial charge < -0.3 is 14.5 Å². The molecule has 0 atom stereocenters. The number of carboxylic acid groups (broad SMARTS) is 1. The molecular weight excluding hydrogens is 312 g/mol. The van der Waals surface area contributed by atoms with Gasteiger partial charge in [-0.3, -0.25) is 9.48 Å². The average molecular weight is 332 g/mol. The highest BCUT2D eigenvalue weighted by Gasteiger charge is 2.45. The number of piperidine rings is 1. The third-order valence-corrected chi connectivity index (χ3v) is 4.70. The fraction of sp³-hybridized carbons (Fsp3) is 0.500. The van der Waals surface area contributed by atoms with Crippen molar-refractivity contribution in [2.75, 3.05) is 13.1 Å². The lowest BCUT2D eigenvalue weighted by Crippen LogP contribution is -2.52. The van der Waals surface area contributed by atoms with Crippen LogP contribution in [0.4, 0.5) is 0 Å². The molecule has 0 unspecified atom stereocenters. The van der Waals surface area contributed by atoms with Gasteiger partial charge in [-0.05, 0) is 19.4 Å². The van der Waals surface area contributed by atoms with Gasteiger partial charge in [0.2, 0.25) is 0 Å². The summed E-state index contributed by atoms with van der Waals surface area (Å²) in [4.78, 5) is 26.3. The number of carbonyl (C=O) groups is 2. The first-order valence-electron chi connectivity index (χ1n) is 7.97. The quantitative estimate of drug-likeness (QED) is 0.909. The van der Waals surface area contributed by atoms with Gasteiger partial charge in [-0.25, -0.2) is 4.79 Å². The molecule has 1 aliphatic heterocycles. The van der Waals surface area contributed by atoms with Gasteiger partial charge in [-0.1, -0.05) is 12.1 Å². The number of aliphatic carboxylic acids is 1. The zero-order valence-corrected chi connectivity index (χ0v) is 13.7. The van der Waals surface area contributed by atoms with Gasteiger partial charge in [0.05, 0.1) is 5.69 Å². The van der Waals surface area contributed by atoms with Crippen LogP contribution >= 0.6 is 0 Å². The number of aryl methyl sites for hydroxylation is 2. The number of nitrogens with zero attached hydrogens (tertiary/aromatic N) is 4. The Balaban J connectivity index is 1.80. The molecule has 0 bridgehead atoms. The minimum atomic E-state index is -1.10. The number of carbonyl (C=O) groups excluding carboxylic acids is 1. The molecule has 8 heteroatoms. The highest BCUT2D eigenvalue weighted by atomic mass is 16.5. The molecule has 0 aliphatic carbocycles. The van der Waals surface area contributed by atoms with Gasteiger partial charge in [0, 0.05) is 38.3 Å². The molecular formula is C16H20N4O4. The normalized spacial score (nSPS) is 17.0. The van der Waals surface area contributed by atoms with E-state index in [9.17, 15) is 14.7 Å².